The van der Waals surface area contributed by atoms with E-state index in [1.807, 2.05) is 0 Å². The van der Waals surface area contributed by atoms with Gasteiger partial charge in [-0.15, -0.1) is 0 Å². The summed E-state index contributed by atoms with van der Waals surface area (Å²) in [6.07, 6.45) is 2.09. The minimum absolute atomic E-state index is 0.0264. The van der Waals surface area contributed by atoms with E-state index in [0.29, 0.717) is 24.2 Å². The molecule has 0 atom stereocenters. The lowest BCUT2D eigenvalue weighted by Crippen LogP contribution is -2.37. The van der Waals surface area contributed by atoms with E-state index in [2.05, 4.69) is 15.6 Å². The van der Waals surface area contributed by atoms with E-state index in [4.69, 9.17) is 0 Å². The Bertz CT molecular complexity index is 679. The van der Waals surface area contributed by atoms with Gasteiger partial charge in [0, 0.05) is 24.8 Å². The molecule has 122 valence electrons. The van der Waals surface area contributed by atoms with Crippen molar-refractivity contribution in [2.24, 2.45) is 0 Å². The van der Waals surface area contributed by atoms with Gasteiger partial charge in [-0.1, -0.05) is 0 Å². The molecule has 0 radical (unpaired) electrons. The van der Waals surface area contributed by atoms with Gasteiger partial charge in [-0.2, -0.15) is 0 Å². The van der Waals surface area contributed by atoms with Gasteiger partial charge >= 0.3 is 6.03 Å². The van der Waals surface area contributed by atoms with Crippen molar-refractivity contribution in [3.05, 3.63) is 53.7 Å². The van der Waals surface area contributed by atoms with E-state index in [0.717, 1.165) is 17.7 Å². The van der Waals surface area contributed by atoms with Gasteiger partial charge in [-0.25, -0.2) is 18.0 Å². The number of pyridine rings is 1. The molecule has 4 nitrogen and oxygen atoms in total. The SMILES string of the molecule is O=C(NCCF)NCCc1ccnc(-c2ccc(F)c(F)c2)c1. The molecule has 1 aromatic carbocycles. The molecule has 0 bridgehead atoms. The summed E-state index contributed by atoms with van der Waals surface area (Å²) >= 11 is 0. The summed E-state index contributed by atoms with van der Waals surface area (Å²) in [4.78, 5) is 15.4. The number of aromatic nitrogens is 1. The molecule has 2 N–H and O–H groups in total. The quantitative estimate of drug-likeness (QED) is 0.859. The Morgan fingerprint density at radius 3 is 2.57 bits per heavy atom. The third-order valence-electron chi connectivity index (χ3n) is 3.12. The minimum atomic E-state index is -0.930. The highest BCUT2D eigenvalue weighted by Gasteiger charge is 2.06. The van der Waals surface area contributed by atoms with Crippen LogP contribution in [0.4, 0.5) is 18.0 Å². The second-order valence-corrected chi connectivity index (χ2v) is 4.80. The van der Waals surface area contributed by atoms with Crippen molar-refractivity contribution in [2.45, 2.75) is 6.42 Å². The molecule has 2 aromatic rings. The van der Waals surface area contributed by atoms with Crippen molar-refractivity contribution in [3.8, 4) is 11.3 Å². The predicted octanol–water partition coefficient (Wildman–Crippen LogP) is 2.84. The highest BCUT2D eigenvalue weighted by molar-refractivity contribution is 5.73. The van der Waals surface area contributed by atoms with Crippen LogP contribution >= 0.6 is 0 Å². The number of nitrogens with zero attached hydrogens (tertiary/aromatic N) is 1. The van der Waals surface area contributed by atoms with Crippen molar-refractivity contribution < 1.29 is 18.0 Å². The standard InChI is InChI=1S/C16H16F3N3O/c17-5-8-22-16(23)21-7-4-11-3-6-20-15(9-11)12-1-2-13(18)14(19)10-12/h1-3,6,9-10H,4-5,7-8H2,(H2,21,22,23). The molecule has 0 fully saturated rings. The van der Waals surface area contributed by atoms with Gasteiger partial charge in [0.1, 0.15) is 6.67 Å². The van der Waals surface area contributed by atoms with Crippen molar-refractivity contribution in [3.63, 3.8) is 0 Å². The van der Waals surface area contributed by atoms with Gasteiger partial charge in [-0.3, -0.25) is 4.98 Å². The van der Waals surface area contributed by atoms with E-state index >= 15 is 0 Å². The van der Waals surface area contributed by atoms with Crippen molar-refractivity contribution in [1.29, 1.82) is 0 Å². The Balaban J connectivity index is 1.97. The van der Waals surface area contributed by atoms with Crippen LogP contribution in [-0.2, 0) is 6.42 Å². The third kappa shape index (κ3) is 4.98. The first-order valence-electron chi connectivity index (χ1n) is 7.08. The summed E-state index contributed by atoms with van der Waals surface area (Å²) in [5, 5.41) is 4.95. The molecule has 2 rings (SSSR count). The molecular formula is C16H16F3N3O. The number of alkyl halides is 1. The number of hydrogen-bond donors (Lipinski definition) is 2. The average molecular weight is 323 g/mol. The van der Waals surface area contributed by atoms with Crippen molar-refractivity contribution in [1.82, 2.24) is 15.6 Å². The van der Waals surface area contributed by atoms with Crippen molar-refractivity contribution >= 4 is 6.03 Å². The number of benzene rings is 1. The van der Waals surface area contributed by atoms with Crippen LogP contribution in [0.1, 0.15) is 5.56 Å². The third-order valence-corrected chi connectivity index (χ3v) is 3.12. The molecule has 0 aliphatic rings. The zero-order chi connectivity index (χ0) is 16.7. The maximum absolute atomic E-state index is 13.3. The molecular weight excluding hydrogens is 307 g/mol. The van der Waals surface area contributed by atoms with E-state index in [1.165, 1.54) is 6.07 Å². The largest absolute Gasteiger partial charge is 0.338 e. The first-order valence-corrected chi connectivity index (χ1v) is 7.08. The molecule has 23 heavy (non-hydrogen) atoms. The Morgan fingerprint density at radius 2 is 1.83 bits per heavy atom. The molecule has 1 aromatic heterocycles. The summed E-state index contributed by atoms with van der Waals surface area (Å²) in [5.74, 6) is -1.84. The number of amides is 2. The molecule has 0 spiro atoms. The summed E-state index contributed by atoms with van der Waals surface area (Å²) in [7, 11) is 0. The van der Waals surface area contributed by atoms with Crippen LogP contribution in [0.15, 0.2) is 36.5 Å². The zero-order valence-electron chi connectivity index (χ0n) is 12.3. The highest BCUT2D eigenvalue weighted by Crippen LogP contribution is 2.20. The summed E-state index contributed by atoms with van der Waals surface area (Å²) in [6, 6.07) is 6.67. The highest BCUT2D eigenvalue weighted by atomic mass is 19.2. The van der Waals surface area contributed by atoms with Crippen LogP contribution in [-0.4, -0.2) is 30.8 Å². The van der Waals surface area contributed by atoms with E-state index in [1.54, 1.807) is 18.3 Å². The van der Waals surface area contributed by atoms with Gasteiger partial charge in [0.25, 0.3) is 0 Å². The number of halogens is 3. The summed E-state index contributed by atoms with van der Waals surface area (Å²) in [6.45, 7) is -0.282. The summed E-state index contributed by atoms with van der Waals surface area (Å²) < 4.78 is 38.1. The normalized spacial score (nSPS) is 10.4. The van der Waals surface area contributed by atoms with Gasteiger partial charge in [0.05, 0.1) is 5.69 Å². The van der Waals surface area contributed by atoms with E-state index in [9.17, 15) is 18.0 Å². The molecule has 0 unspecified atom stereocenters. The van der Waals surface area contributed by atoms with E-state index in [-0.39, 0.29) is 6.54 Å². The van der Waals surface area contributed by atoms with Crippen LogP contribution in [0.3, 0.4) is 0 Å². The van der Waals surface area contributed by atoms with Crippen LogP contribution < -0.4 is 10.6 Å². The summed E-state index contributed by atoms with van der Waals surface area (Å²) in [5.41, 5.74) is 1.87. The first-order chi connectivity index (χ1) is 11.1. The number of rotatable bonds is 6. The fraction of sp³-hybridized carbons (Fsp3) is 0.250. The van der Waals surface area contributed by atoms with Crippen LogP contribution in [0, 0.1) is 11.6 Å². The van der Waals surface area contributed by atoms with Crippen molar-refractivity contribution in [2.75, 3.05) is 19.8 Å². The van der Waals surface area contributed by atoms with Gasteiger partial charge in [0.15, 0.2) is 11.6 Å². The number of nitrogens with one attached hydrogen (secondary N) is 2. The monoisotopic (exact) mass is 323 g/mol. The lowest BCUT2D eigenvalue weighted by Gasteiger charge is -2.07. The smallest absolute Gasteiger partial charge is 0.314 e. The Kier molecular flexibility index (Phi) is 5.96. The second kappa shape index (κ2) is 8.17. The van der Waals surface area contributed by atoms with E-state index < -0.39 is 24.3 Å². The maximum Gasteiger partial charge on any atom is 0.314 e. The second-order valence-electron chi connectivity index (χ2n) is 4.80. The minimum Gasteiger partial charge on any atom is -0.338 e. The Labute approximate surface area is 131 Å². The zero-order valence-corrected chi connectivity index (χ0v) is 12.3. The van der Waals surface area contributed by atoms with Gasteiger partial charge < -0.3 is 10.6 Å². The molecule has 2 amide bonds. The van der Waals surface area contributed by atoms with Gasteiger partial charge in [0.2, 0.25) is 0 Å². The van der Waals surface area contributed by atoms with Crippen LogP contribution in [0.2, 0.25) is 0 Å². The number of carbonyl (C=O) groups excluding carboxylic acids is 1. The first kappa shape index (κ1) is 16.8. The molecule has 0 saturated heterocycles. The lowest BCUT2D eigenvalue weighted by molar-refractivity contribution is 0.240. The fourth-order valence-electron chi connectivity index (χ4n) is 1.99. The van der Waals surface area contributed by atoms with Crippen LogP contribution in [0.5, 0.6) is 0 Å². The molecule has 7 heteroatoms. The lowest BCUT2D eigenvalue weighted by atomic mass is 10.1. The number of urea groups is 1. The topological polar surface area (TPSA) is 54.0 Å². The molecule has 0 saturated carbocycles. The van der Waals surface area contributed by atoms with Gasteiger partial charge in [-0.05, 0) is 42.3 Å². The Morgan fingerprint density at radius 1 is 1.04 bits per heavy atom. The number of hydrogen-bond acceptors (Lipinski definition) is 2. The molecule has 0 aliphatic carbocycles. The Hall–Kier alpha value is -2.57. The maximum atomic E-state index is 13.3. The predicted molar refractivity (Wildman–Crippen MR) is 80.7 cm³/mol. The number of carbonyl (C=O) groups is 1. The average Bonchev–Trinajstić information content (AvgIpc) is 2.56. The molecule has 0 aliphatic heterocycles. The fourth-order valence-corrected chi connectivity index (χ4v) is 1.99. The van der Waals surface area contributed by atoms with Crippen LogP contribution in [0.25, 0.3) is 11.3 Å². The molecule has 1 heterocycles.